The molecule has 2 N–H and O–H groups in total. The Morgan fingerprint density at radius 3 is 2.30 bits per heavy atom. The first kappa shape index (κ1) is 13.2. The predicted molar refractivity (Wildman–Crippen MR) is 80.2 cm³/mol. The topological polar surface area (TPSA) is 63.4 Å². The maximum absolute atomic E-state index is 12.5. The van der Waals surface area contributed by atoms with Crippen LogP contribution in [-0.2, 0) is 9.59 Å². The summed E-state index contributed by atoms with van der Waals surface area (Å²) in [5.41, 5.74) is 6.80. The highest BCUT2D eigenvalue weighted by atomic mass is 32.1. The second kappa shape index (κ2) is 4.66. The van der Waals surface area contributed by atoms with Gasteiger partial charge in [0, 0.05) is 5.56 Å². The fourth-order valence-electron chi connectivity index (χ4n) is 3.39. The van der Waals surface area contributed by atoms with E-state index in [1.165, 1.54) is 4.90 Å². The van der Waals surface area contributed by atoms with Crippen LogP contribution in [0.15, 0.2) is 24.3 Å². The first-order valence-corrected chi connectivity index (χ1v) is 7.18. The fourth-order valence-corrected chi connectivity index (χ4v) is 3.56. The zero-order chi connectivity index (χ0) is 14.4. The molecule has 3 rings (SSSR count). The van der Waals surface area contributed by atoms with E-state index < -0.39 is 0 Å². The molecule has 2 aliphatic rings. The van der Waals surface area contributed by atoms with Gasteiger partial charge in [0.15, 0.2) is 0 Å². The number of nitrogens with two attached hydrogens (primary N) is 1. The average Bonchev–Trinajstić information content (AvgIpc) is 2.89. The molecule has 1 saturated carbocycles. The average molecular weight is 288 g/mol. The third kappa shape index (κ3) is 1.85. The lowest BCUT2D eigenvalue weighted by Crippen LogP contribution is -2.33. The molecule has 5 heteroatoms. The van der Waals surface area contributed by atoms with Gasteiger partial charge in [-0.1, -0.05) is 31.3 Å². The van der Waals surface area contributed by atoms with E-state index in [9.17, 15) is 9.59 Å². The van der Waals surface area contributed by atoms with Gasteiger partial charge >= 0.3 is 0 Å². The number of nitrogens with zero attached hydrogens (tertiary/aromatic N) is 1. The van der Waals surface area contributed by atoms with Crippen LogP contribution >= 0.6 is 12.2 Å². The standard InChI is InChI=1S/C15H16N2O2S/c1-8-6-10-11(7-8)15(19)17(14(10)18)12-5-3-2-4-9(12)13(16)20/h2-5,8,10-11H,6-7H2,1H3,(H2,16,20). The van der Waals surface area contributed by atoms with Crippen molar-refractivity contribution in [2.24, 2.45) is 23.5 Å². The van der Waals surface area contributed by atoms with Gasteiger partial charge in [-0.2, -0.15) is 0 Å². The molecule has 0 aromatic heterocycles. The lowest BCUT2D eigenvalue weighted by Gasteiger charge is -2.19. The number of carbonyl (C=O) groups excluding carboxylic acids is 2. The predicted octanol–water partition coefficient (Wildman–Crippen LogP) is 1.86. The molecule has 1 heterocycles. The number of hydrogen-bond donors (Lipinski definition) is 1. The van der Waals surface area contributed by atoms with Crippen LogP contribution in [0.4, 0.5) is 5.69 Å². The van der Waals surface area contributed by atoms with Crippen LogP contribution < -0.4 is 10.6 Å². The van der Waals surface area contributed by atoms with Crippen molar-refractivity contribution in [1.29, 1.82) is 0 Å². The molecule has 1 aliphatic heterocycles. The highest BCUT2D eigenvalue weighted by Crippen LogP contribution is 2.44. The Morgan fingerprint density at radius 1 is 1.20 bits per heavy atom. The van der Waals surface area contributed by atoms with Crippen LogP contribution in [0.2, 0.25) is 0 Å². The Bertz CT molecular complexity index is 590. The summed E-state index contributed by atoms with van der Waals surface area (Å²) in [4.78, 5) is 26.6. The molecule has 0 bridgehead atoms. The second-order valence-electron chi connectivity index (χ2n) is 5.68. The van der Waals surface area contributed by atoms with Gasteiger partial charge in [-0.05, 0) is 30.9 Å². The molecular weight excluding hydrogens is 272 g/mol. The number of imide groups is 1. The molecule has 2 fully saturated rings. The highest BCUT2D eigenvalue weighted by Gasteiger charge is 2.52. The van der Waals surface area contributed by atoms with Crippen molar-refractivity contribution in [2.75, 3.05) is 4.90 Å². The van der Waals surface area contributed by atoms with Crippen molar-refractivity contribution in [1.82, 2.24) is 0 Å². The fraction of sp³-hybridized carbons (Fsp3) is 0.400. The minimum absolute atomic E-state index is 0.104. The Labute approximate surface area is 122 Å². The largest absolute Gasteiger partial charge is 0.389 e. The molecule has 2 amide bonds. The number of fused-ring (bicyclic) bond motifs is 1. The van der Waals surface area contributed by atoms with Gasteiger partial charge in [0.05, 0.1) is 17.5 Å². The molecule has 1 saturated heterocycles. The summed E-state index contributed by atoms with van der Waals surface area (Å²) in [5, 5.41) is 0. The van der Waals surface area contributed by atoms with E-state index in [2.05, 4.69) is 6.92 Å². The van der Waals surface area contributed by atoms with Crippen molar-refractivity contribution >= 4 is 34.7 Å². The van der Waals surface area contributed by atoms with E-state index in [1.807, 2.05) is 0 Å². The third-order valence-corrected chi connectivity index (χ3v) is 4.50. The van der Waals surface area contributed by atoms with Crippen molar-refractivity contribution in [3.05, 3.63) is 29.8 Å². The SMILES string of the molecule is CC1CC2C(=O)N(c3ccccc3C(N)=S)C(=O)C2C1. The van der Waals surface area contributed by atoms with Crippen LogP contribution in [0.25, 0.3) is 0 Å². The second-order valence-corrected chi connectivity index (χ2v) is 6.12. The van der Waals surface area contributed by atoms with Crippen molar-refractivity contribution in [3.63, 3.8) is 0 Å². The normalized spacial score (nSPS) is 28.9. The number of benzene rings is 1. The van der Waals surface area contributed by atoms with Crippen LogP contribution in [0.1, 0.15) is 25.3 Å². The van der Waals surface area contributed by atoms with Gasteiger partial charge in [0.2, 0.25) is 11.8 Å². The van der Waals surface area contributed by atoms with E-state index >= 15 is 0 Å². The monoisotopic (exact) mass is 288 g/mol. The maximum Gasteiger partial charge on any atom is 0.237 e. The Hall–Kier alpha value is -1.75. The van der Waals surface area contributed by atoms with Gasteiger partial charge in [-0.15, -0.1) is 0 Å². The van der Waals surface area contributed by atoms with E-state index in [0.29, 0.717) is 17.2 Å². The quantitative estimate of drug-likeness (QED) is 0.666. The number of anilines is 1. The first-order valence-electron chi connectivity index (χ1n) is 6.77. The maximum atomic E-state index is 12.5. The lowest BCUT2D eigenvalue weighted by molar-refractivity contribution is -0.123. The molecule has 20 heavy (non-hydrogen) atoms. The van der Waals surface area contributed by atoms with Gasteiger partial charge in [-0.3, -0.25) is 9.59 Å². The summed E-state index contributed by atoms with van der Waals surface area (Å²) in [6.07, 6.45) is 1.59. The zero-order valence-electron chi connectivity index (χ0n) is 11.2. The summed E-state index contributed by atoms with van der Waals surface area (Å²) >= 11 is 5.01. The number of amides is 2. The van der Waals surface area contributed by atoms with Crippen molar-refractivity contribution < 1.29 is 9.59 Å². The van der Waals surface area contributed by atoms with E-state index in [-0.39, 0.29) is 28.6 Å². The molecule has 1 aromatic carbocycles. The van der Waals surface area contributed by atoms with E-state index in [1.54, 1.807) is 24.3 Å². The number of rotatable bonds is 2. The van der Waals surface area contributed by atoms with Gasteiger partial charge < -0.3 is 5.73 Å². The van der Waals surface area contributed by atoms with Gasteiger partial charge in [0.25, 0.3) is 0 Å². The van der Waals surface area contributed by atoms with Crippen molar-refractivity contribution in [3.8, 4) is 0 Å². The summed E-state index contributed by atoms with van der Waals surface area (Å²) < 4.78 is 0. The smallest absolute Gasteiger partial charge is 0.237 e. The number of hydrogen-bond acceptors (Lipinski definition) is 3. The minimum Gasteiger partial charge on any atom is -0.389 e. The first-order chi connectivity index (χ1) is 9.50. The van der Waals surface area contributed by atoms with Crippen LogP contribution in [0.5, 0.6) is 0 Å². The number of thiocarbonyl (C=S) groups is 1. The van der Waals surface area contributed by atoms with Crippen LogP contribution in [-0.4, -0.2) is 16.8 Å². The Kier molecular flexibility index (Phi) is 3.09. The van der Waals surface area contributed by atoms with E-state index in [4.69, 9.17) is 18.0 Å². The minimum atomic E-state index is -0.170. The highest BCUT2D eigenvalue weighted by molar-refractivity contribution is 7.80. The summed E-state index contributed by atoms with van der Waals surface area (Å²) in [6, 6.07) is 7.06. The third-order valence-electron chi connectivity index (χ3n) is 4.28. The van der Waals surface area contributed by atoms with Crippen LogP contribution in [0, 0.1) is 17.8 Å². The van der Waals surface area contributed by atoms with Crippen molar-refractivity contribution in [2.45, 2.75) is 19.8 Å². The Morgan fingerprint density at radius 2 is 1.75 bits per heavy atom. The summed E-state index contributed by atoms with van der Waals surface area (Å²) in [5.74, 6) is -0.110. The van der Waals surface area contributed by atoms with E-state index in [0.717, 1.165) is 12.8 Å². The molecule has 4 nitrogen and oxygen atoms in total. The molecule has 1 aliphatic carbocycles. The summed E-state index contributed by atoms with van der Waals surface area (Å²) in [6.45, 7) is 2.09. The Balaban J connectivity index is 2.03. The zero-order valence-corrected chi connectivity index (χ0v) is 12.0. The number of para-hydroxylation sites is 1. The molecule has 1 aromatic rings. The van der Waals surface area contributed by atoms with Gasteiger partial charge in [0.1, 0.15) is 4.99 Å². The molecule has 2 atom stereocenters. The van der Waals surface area contributed by atoms with Crippen LogP contribution in [0.3, 0.4) is 0 Å². The molecule has 0 spiro atoms. The molecule has 104 valence electrons. The molecule has 2 unspecified atom stereocenters. The number of carbonyl (C=O) groups is 2. The summed E-state index contributed by atoms with van der Waals surface area (Å²) in [7, 11) is 0. The molecule has 0 radical (unpaired) electrons. The molecular formula is C15H16N2O2S. The van der Waals surface area contributed by atoms with Gasteiger partial charge in [-0.25, -0.2) is 4.90 Å². The lowest BCUT2D eigenvalue weighted by atomic mass is 10.00.